The van der Waals surface area contributed by atoms with Gasteiger partial charge in [-0.05, 0) is 42.8 Å². The van der Waals surface area contributed by atoms with E-state index in [1.54, 1.807) is 13.0 Å². The number of nitrogens with zero attached hydrogens (tertiary/aromatic N) is 5. The molecule has 0 saturated heterocycles. The number of sulfone groups is 1. The van der Waals surface area contributed by atoms with Gasteiger partial charge in [-0.25, -0.2) is 18.4 Å². The van der Waals surface area contributed by atoms with Crippen molar-refractivity contribution in [1.29, 1.82) is 5.26 Å². The number of pyridine rings is 3. The largest absolute Gasteiger partial charge is 0.416 e. The summed E-state index contributed by atoms with van der Waals surface area (Å²) < 4.78 is 64.9. The smallest absolute Gasteiger partial charge is 0.275 e. The van der Waals surface area contributed by atoms with Crippen LogP contribution in [-0.2, 0) is 16.0 Å². The zero-order valence-corrected chi connectivity index (χ0v) is 17.5. The first-order valence-electron chi connectivity index (χ1n) is 9.12. The van der Waals surface area contributed by atoms with Gasteiger partial charge in [0, 0.05) is 30.2 Å². The zero-order valence-electron chi connectivity index (χ0n) is 16.7. The maximum atomic E-state index is 13.3. The Hall–Kier alpha value is -3.78. The first-order valence-corrected chi connectivity index (χ1v) is 11.0. The first kappa shape index (κ1) is 21.5. The van der Waals surface area contributed by atoms with E-state index in [1.807, 2.05) is 0 Å². The number of hydrogen-bond donors (Lipinski definition) is 0. The highest BCUT2D eigenvalue weighted by molar-refractivity contribution is 7.90. The fraction of sp³-hybridized carbons (Fsp3) is 0.143. The van der Waals surface area contributed by atoms with Crippen LogP contribution in [-0.4, -0.2) is 34.2 Å². The maximum Gasteiger partial charge on any atom is 0.416 e. The number of hydrogen-bond acceptors (Lipinski definition) is 6. The molecule has 4 rings (SSSR count). The maximum absolute atomic E-state index is 13.3. The Morgan fingerprint density at radius 3 is 2.41 bits per heavy atom. The van der Waals surface area contributed by atoms with E-state index in [0.29, 0.717) is 5.39 Å². The van der Waals surface area contributed by atoms with Crippen molar-refractivity contribution in [2.24, 2.45) is 0 Å². The lowest BCUT2D eigenvalue weighted by atomic mass is 10.1. The number of aryl methyl sites for hydroxylation is 1. The predicted octanol–water partition coefficient (Wildman–Crippen LogP) is 4.08. The van der Waals surface area contributed by atoms with Crippen molar-refractivity contribution in [2.75, 3.05) is 6.26 Å². The van der Waals surface area contributed by atoms with Gasteiger partial charge in [0.25, 0.3) is 0 Å². The Morgan fingerprint density at radius 2 is 1.81 bits per heavy atom. The quantitative estimate of drug-likeness (QED) is 0.459. The topological polar surface area (TPSA) is 102 Å². The number of aromatic nitrogens is 4. The minimum atomic E-state index is -4.60. The van der Waals surface area contributed by atoms with Gasteiger partial charge < -0.3 is 0 Å². The average Bonchev–Trinajstić information content (AvgIpc) is 3.06. The second-order valence-electron chi connectivity index (χ2n) is 7.11. The van der Waals surface area contributed by atoms with Crippen molar-refractivity contribution in [3.05, 3.63) is 65.6 Å². The number of rotatable bonds is 3. The van der Waals surface area contributed by atoms with Crippen LogP contribution in [0.15, 0.2) is 53.8 Å². The molecule has 0 N–H and O–H groups in total. The molecule has 0 aliphatic carbocycles. The van der Waals surface area contributed by atoms with Crippen LogP contribution < -0.4 is 0 Å². The van der Waals surface area contributed by atoms with Crippen LogP contribution in [0.3, 0.4) is 0 Å². The third-order valence-corrected chi connectivity index (χ3v) is 5.86. The van der Waals surface area contributed by atoms with Gasteiger partial charge in [-0.3, -0.25) is 9.55 Å². The second-order valence-corrected chi connectivity index (χ2v) is 9.12. The second kappa shape index (κ2) is 7.42. The molecule has 11 heteroatoms. The van der Waals surface area contributed by atoms with E-state index in [-0.39, 0.29) is 33.3 Å². The van der Waals surface area contributed by atoms with Crippen LogP contribution in [0.2, 0.25) is 0 Å². The summed E-state index contributed by atoms with van der Waals surface area (Å²) in [5, 5.41) is 10.3. The molecule has 0 fully saturated rings. The lowest BCUT2D eigenvalue weighted by Crippen LogP contribution is -2.08. The Balaban J connectivity index is 2.08. The van der Waals surface area contributed by atoms with Crippen molar-refractivity contribution < 1.29 is 21.6 Å². The lowest BCUT2D eigenvalue weighted by Gasteiger charge is -2.12. The molecule has 0 radical (unpaired) electrons. The van der Waals surface area contributed by atoms with E-state index < -0.39 is 21.6 Å². The SMILES string of the molecule is Cc1cnc2c(c1)c(C#N)c(-c1ccc(S(C)(=O)=O)cn1)n2-c1cc(C(F)(F)F)ccn1. The minimum absolute atomic E-state index is 0.0337. The number of fused-ring (bicyclic) bond motifs is 1. The summed E-state index contributed by atoms with van der Waals surface area (Å²) in [6.45, 7) is 1.77. The summed E-state index contributed by atoms with van der Waals surface area (Å²) in [6.07, 6.45) is 0.108. The fourth-order valence-corrected chi connectivity index (χ4v) is 3.86. The molecule has 0 aliphatic heterocycles. The van der Waals surface area contributed by atoms with Gasteiger partial charge in [0.15, 0.2) is 9.84 Å². The first-order chi connectivity index (χ1) is 15.0. The Bertz CT molecular complexity index is 1500. The number of nitriles is 1. The van der Waals surface area contributed by atoms with Crippen LogP contribution in [0.5, 0.6) is 0 Å². The molecular weight excluding hydrogens is 443 g/mol. The average molecular weight is 457 g/mol. The minimum Gasteiger partial charge on any atom is -0.275 e. The molecule has 0 unspecified atom stereocenters. The van der Waals surface area contributed by atoms with Crippen molar-refractivity contribution >= 4 is 20.9 Å². The zero-order chi connectivity index (χ0) is 23.3. The van der Waals surface area contributed by atoms with E-state index in [1.165, 1.54) is 22.9 Å². The third kappa shape index (κ3) is 3.69. The normalized spacial score (nSPS) is 12.1. The van der Waals surface area contributed by atoms with E-state index >= 15 is 0 Å². The summed E-state index contributed by atoms with van der Waals surface area (Å²) in [5.74, 6) is -0.105. The summed E-state index contributed by atoms with van der Waals surface area (Å²) in [4.78, 5) is 12.5. The van der Waals surface area contributed by atoms with Gasteiger partial charge in [0.05, 0.1) is 27.4 Å². The summed E-state index contributed by atoms with van der Waals surface area (Å²) in [6, 6.07) is 8.18. The van der Waals surface area contributed by atoms with Gasteiger partial charge in [0.2, 0.25) is 0 Å². The summed E-state index contributed by atoms with van der Waals surface area (Å²) in [7, 11) is -3.52. The highest BCUT2D eigenvalue weighted by Crippen LogP contribution is 2.36. The molecule has 0 spiro atoms. The molecular formula is C21H14F3N5O2S. The van der Waals surface area contributed by atoms with Gasteiger partial charge in [-0.15, -0.1) is 0 Å². The molecule has 4 heterocycles. The van der Waals surface area contributed by atoms with E-state index in [4.69, 9.17) is 0 Å². The van der Waals surface area contributed by atoms with Gasteiger partial charge >= 0.3 is 6.18 Å². The third-order valence-electron chi connectivity index (χ3n) is 4.77. The Labute approximate surface area is 180 Å². The van der Waals surface area contributed by atoms with Crippen molar-refractivity contribution in [3.63, 3.8) is 0 Å². The van der Waals surface area contributed by atoms with Gasteiger partial charge in [-0.1, -0.05) is 0 Å². The van der Waals surface area contributed by atoms with E-state index in [9.17, 15) is 26.9 Å². The van der Waals surface area contributed by atoms with Crippen molar-refractivity contribution in [1.82, 2.24) is 19.5 Å². The van der Waals surface area contributed by atoms with E-state index in [2.05, 4.69) is 21.0 Å². The number of halogens is 3. The molecule has 0 aromatic carbocycles. The van der Waals surface area contributed by atoms with Crippen LogP contribution in [0, 0.1) is 18.3 Å². The molecule has 0 bridgehead atoms. The van der Waals surface area contributed by atoms with Crippen molar-refractivity contribution in [2.45, 2.75) is 18.0 Å². The Kier molecular flexibility index (Phi) is 4.97. The molecule has 4 aromatic rings. The monoisotopic (exact) mass is 457 g/mol. The van der Waals surface area contributed by atoms with Crippen LogP contribution in [0.25, 0.3) is 28.2 Å². The molecule has 7 nitrogen and oxygen atoms in total. The summed E-state index contributed by atoms with van der Waals surface area (Å²) in [5.41, 5.74) is 0.533. The molecule has 32 heavy (non-hydrogen) atoms. The number of alkyl halides is 3. The lowest BCUT2D eigenvalue weighted by molar-refractivity contribution is -0.137. The molecule has 0 aliphatic rings. The van der Waals surface area contributed by atoms with Crippen LogP contribution in [0.4, 0.5) is 13.2 Å². The Morgan fingerprint density at radius 1 is 1.06 bits per heavy atom. The molecule has 0 amide bonds. The molecule has 4 aromatic heterocycles. The molecule has 0 saturated carbocycles. The highest BCUT2D eigenvalue weighted by atomic mass is 32.2. The van der Waals surface area contributed by atoms with E-state index in [0.717, 1.165) is 36.3 Å². The van der Waals surface area contributed by atoms with Crippen LogP contribution >= 0.6 is 0 Å². The van der Waals surface area contributed by atoms with Gasteiger partial charge in [-0.2, -0.15) is 18.4 Å². The molecule has 0 atom stereocenters. The molecule has 162 valence electrons. The standard InChI is InChI=1S/C21H14F3N5O2S/c1-12-7-15-16(9-25)19(17-4-3-14(11-27-17)32(2,30)31)29(20(15)28-10-12)18-8-13(5-6-26-18)21(22,23)24/h3-8,10-11H,1-2H3. The summed E-state index contributed by atoms with van der Waals surface area (Å²) >= 11 is 0. The fourth-order valence-electron chi connectivity index (χ4n) is 3.30. The van der Waals surface area contributed by atoms with Crippen molar-refractivity contribution in [3.8, 4) is 23.3 Å². The predicted molar refractivity (Wildman–Crippen MR) is 110 cm³/mol. The van der Waals surface area contributed by atoms with Gasteiger partial charge in [0.1, 0.15) is 17.5 Å². The highest BCUT2D eigenvalue weighted by Gasteiger charge is 2.32. The van der Waals surface area contributed by atoms with Crippen LogP contribution in [0.1, 0.15) is 16.7 Å².